The van der Waals surface area contributed by atoms with E-state index in [2.05, 4.69) is 32.9 Å². The summed E-state index contributed by atoms with van der Waals surface area (Å²) in [6.07, 6.45) is 0. The van der Waals surface area contributed by atoms with Crippen molar-refractivity contribution in [3.8, 4) is 0 Å². The fourth-order valence-corrected chi connectivity index (χ4v) is 2.70. The van der Waals surface area contributed by atoms with Crippen LogP contribution in [-0.4, -0.2) is 64.7 Å². The van der Waals surface area contributed by atoms with Gasteiger partial charge in [-0.25, -0.2) is 0 Å². The summed E-state index contributed by atoms with van der Waals surface area (Å²) in [5, 5.41) is 18.0. The van der Waals surface area contributed by atoms with Crippen molar-refractivity contribution in [1.29, 1.82) is 0 Å². The Hall–Kier alpha value is -1.92. The standard InChI is InChI=1S/C18H28N2O4/c1-5-19(11-17(21)22)6-7-20(12-18(23)24)10-16-8-13(2)15(4)14(3)9-16/h8-9H,5-7,10-12H2,1-4H3,(H,21,22)(H,23,24). The number of hydrogen-bond donors (Lipinski definition) is 2. The van der Waals surface area contributed by atoms with Gasteiger partial charge in [0.25, 0.3) is 0 Å². The Kier molecular flexibility index (Phi) is 7.88. The number of carbonyl (C=O) groups is 2. The zero-order valence-corrected chi connectivity index (χ0v) is 15.0. The number of nitrogens with zero attached hydrogens (tertiary/aromatic N) is 2. The van der Waals surface area contributed by atoms with Crippen molar-refractivity contribution in [1.82, 2.24) is 9.80 Å². The Morgan fingerprint density at radius 2 is 1.38 bits per heavy atom. The first kappa shape index (κ1) is 20.1. The van der Waals surface area contributed by atoms with Gasteiger partial charge in [-0.3, -0.25) is 19.4 Å². The number of likely N-dealkylation sites (N-methyl/N-ethyl adjacent to an activating group) is 1. The average molecular weight is 336 g/mol. The van der Waals surface area contributed by atoms with Gasteiger partial charge in [0.1, 0.15) is 0 Å². The fraction of sp³-hybridized carbons (Fsp3) is 0.556. The lowest BCUT2D eigenvalue weighted by atomic mass is 10.0. The number of rotatable bonds is 10. The first-order valence-corrected chi connectivity index (χ1v) is 8.18. The zero-order chi connectivity index (χ0) is 18.3. The Labute approximate surface area is 143 Å². The van der Waals surface area contributed by atoms with Crippen molar-refractivity contribution in [3.63, 3.8) is 0 Å². The van der Waals surface area contributed by atoms with Crippen molar-refractivity contribution in [3.05, 3.63) is 34.4 Å². The van der Waals surface area contributed by atoms with Gasteiger partial charge in [0.15, 0.2) is 0 Å². The highest BCUT2D eigenvalue weighted by atomic mass is 16.4. The normalized spacial score (nSPS) is 11.2. The van der Waals surface area contributed by atoms with Gasteiger partial charge in [-0.15, -0.1) is 0 Å². The van der Waals surface area contributed by atoms with Gasteiger partial charge >= 0.3 is 11.9 Å². The topological polar surface area (TPSA) is 81.1 Å². The average Bonchev–Trinajstić information content (AvgIpc) is 2.47. The summed E-state index contributed by atoms with van der Waals surface area (Å²) < 4.78 is 0. The number of carboxylic acid groups (broad SMARTS) is 2. The summed E-state index contributed by atoms with van der Waals surface area (Å²) in [6.45, 7) is 10.2. The molecule has 6 nitrogen and oxygen atoms in total. The van der Waals surface area contributed by atoms with Crippen molar-refractivity contribution >= 4 is 11.9 Å². The van der Waals surface area contributed by atoms with Crippen molar-refractivity contribution in [2.45, 2.75) is 34.2 Å². The molecule has 0 bridgehead atoms. The highest BCUT2D eigenvalue weighted by molar-refractivity contribution is 5.69. The maximum atomic E-state index is 11.1. The first-order valence-electron chi connectivity index (χ1n) is 8.18. The molecule has 0 aliphatic carbocycles. The minimum absolute atomic E-state index is 0.0276. The van der Waals surface area contributed by atoms with E-state index in [0.29, 0.717) is 26.2 Å². The number of hydrogen-bond acceptors (Lipinski definition) is 4. The molecule has 0 spiro atoms. The predicted molar refractivity (Wildman–Crippen MR) is 93.3 cm³/mol. The van der Waals surface area contributed by atoms with Crippen LogP contribution in [-0.2, 0) is 16.1 Å². The molecular weight excluding hydrogens is 308 g/mol. The van der Waals surface area contributed by atoms with Gasteiger partial charge in [0.2, 0.25) is 0 Å². The number of benzene rings is 1. The summed E-state index contributed by atoms with van der Waals surface area (Å²) in [5.41, 5.74) is 4.72. The SMILES string of the molecule is CCN(CCN(CC(=O)O)Cc1cc(C)c(C)c(C)c1)CC(=O)O. The molecule has 2 N–H and O–H groups in total. The molecule has 0 aliphatic rings. The Morgan fingerprint density at radius 1 is 0.917 bits per heavy atom. The quantitative estimate of drug-likeness (QED) is 0.679. The largest absolute Gasteiger partial charge is 0.480 e. The highest BCUT2D eigenvalue weighted by Gasteiger charge is 2.14. The third-order valence-corrected chi connectivity index (χ3v) is 4.29. The number of aryl methyl sites for hydroxylation is 2. The third-order valence-electron chi connectivity index (χ3n) is 4.29. The Bertz CT molecular complexity index is 563. The molecular formula is C18H28N2O4. The van der Waals surface area contributed by atoms with E-state index in [1.165, 1.54) is 16.7 Å². The maximum absolute atomic E-state index is 11.1. The van der Waals surface area contributed by atoms with Crippen LogP contribution in [0, 0.1) is 20.8 Å². The summed E-state index contributed by atoms with van der Waals surface area (Å²) in [6, 6.07) is 4.18. The van der Waals surface area contributed by atoms with E-state index < -0.39 is 11.9 Å². The van der Waals surface area contributed by atoms with Gasteiger partial charge in [-0.1, -0.05) is 19.1 Å². The van der Waals surface area contributed by atoms with E-state index in [9.17, 15) is 9.59 Å². The molecule has 24 heavy (non-hydrogen) atoms. The highest BCUT2D eigenvalue weighted by Crippen LogP contribution is 2.17. The molecule has 6 heteroatoms. The minimum Gasteiger partial charge on any atom is -0.480 e. The van der Waals surface area contributed by atoms with Gasteiger partial charge in [-0.05, 0) is 49.6 Å². The summed E-state index contributed by atoms with van der Waals surface area (Å²) in [5.74, 6) is -1.75. The maximum Gasteiger partial charge on any atom is 0.317 e. The number of aliphatic carboxylic acids is 2. The molecule has 1 aromatic rings. The summed E-state index contributed by atoms with van der Waals surface area (Å²) in [4.78, 5) is 25.6. The van der Waals surface area contributed by atoms with E-state index in [1.807, 2.05) is 11.8 Å². The van der Waals surface area contributed by atoms with Crippen molar-refractivity contribution in [2.75, 3.05) is 32.7 Å². The van der Waals surface area contributed by atoms with Crippen LogP contribution in [0.4, 0.5) is 0 Å². The minimum atomic E-state index is -0.878. The second-order valence-electron chi connectivity index (χ2n) is 6.22. The molecule has 1 aromatic carbocycles. The molecule has 0 aliphatic heterocycles. The molecule has 0 fully saturated rings. The van der Waals surface area contributed by atoms with E-state index in [-0.39, 0.29) is 13.1 Å². The summed E-state index contributed by atoms with van der Waals surface area (Å²) in [7, 11) is 0. The van der Waals surface area contributed by atoms with E-state index in [1.54, 1.807) is 4.90 Å². The molecule has 0 radical (unpaired) electrons. The van der Waals surface area contributed by atoms with Crippen LogP contribution in [0.5, 0.6) is 0 Å². The van der Waals surface area contributed by atoms with E-state index in [0.717, 1.165) is 5.56 Å². The van der Waals surface area contributed by atoms with Gasteiger partial charge in [0.05, 0.1) is 13.1 Å². The molecule has 0 amide bonds. The van der Waals surface area contributed by atoms with Crippen LogP contribution in [0.15, 0.2) is 12.1 Å². The molecule has 0 saturated heterocycles. The lowest BCUT2D eigenvalue weighted by Crippen LogP contribution is -2.39. The van der Waals surface area contributed by atoms with Crippen molar-refractivity contribution in [2.24, 2.45) is 0 Å². The zero-order valence-electron chi connectivity index (χ0n) is 15.0. The van der Waals surface area contributed by atoms with Crippen LogP contribution < -0.4 is 0 Å². The van der Waals surface area contributed by atoms with Gasteiger partial charge in [0, 0.05) is 19.6 Å². The van der Waals surface area contributed by atoms with Crippen molar-refractivity contribution < 1.29 is 19.8 Å². The van der Waals surface area contributed by atoms with Crippen LogP contribution in [0.1, 0.15) is 29.2 Å². The lowest BCUT2D eigenvalue weighted by molar-refractivity contribution is -0.140. The molecule has 0 heterocycles. The smallest absolute Gasteiger partial charge is 0.317 e. The molecule has 134 valence electrons. The monoisotopic (exact) mass is 336 g/mol. The summed E-state index contributed by atoms with van der Waals surface area (Å²) >= 11 is 0. The van der Waals surface area contributed by atoms with E-state index >= 15 is 0 Å². The Balaban J connectivity index is 2.78. The fourth-order valence-electron chi connectivity index (χ4n) is 2.70. The van der Waals surface area contributed by atoms with Crippen LogP contribution >= 0.6 is 0 Å². The van der Waals surface area contributed by atoms with E-state index in [4.69, 9.17) is 10.2 Å². The van der Waals surface area contributed by atoms with Gasteiger partial charge < -0.3 is 10.2 Å². The number of carboxylic acids is 2. The molecule has 0 unspecified atom stereocenters. The molecule has 0 aromatic heterocycles. The van der Waals surface area contributed by atoms with Crippen LogP contribution in [0.2, 0.25) is 0 Å². The molecule has 0 atom stereocenters. The van der Waals surface area contributed by atoms with Crippen LogP contribution in [0.25, 0.3) is 0 Å². The van der Waals surface area contributed by atoms with Gasteiger partial charge in [-0.2, -0.15) is 0 Å². The molecule has 1 rings (SSSR count). The predicted octanol–water partition coefficient (Wildman–Crippen LogP) is 1.90. The first-order chi connectivity index (χ1) is 11.2. The second kappa shape index (κ2) is 9.39. The molecule has 0 saturated carbocycles. The lowest BCUT2D eigenvalue weighted by Gasteiger charge is -2.25. The Morgan fingerprint density at radius 3 is 1.83 bits per heavy atom. The second-order valence-corrected chi connectivity index (χ2v) is 6.22. The third kappa shape index (κ3) is 6.68. The van der Waals surface area contributed by atoms with Crippen LogP contribution in [0.3, 0.4) is 0 Å².